The molecular weight excluding hydrogens is 645 g/mol. The molecule has 0 saturated carbocycles. The molecule has 2 aromatic heterocycles. The molecule has 0 aliphatic rings. The Balaban J connectivity index is 1.09. The number of hydrogen-bond donors (Lipinski definition) is 0. The molecule has 0 atom stereocenters. The molecular formula is C50H32N2O. The van der Waals surface area contributed by atoms with Gasteiger partial charge in [0.15, 0.2) is 5.82 Å². The van der Waals surface area contributed by atoms with E-state index in [1.165, 1.54) is 38.6 Å². The average Bonchev–Trinajstić information content (AvgIpc) is 3.62. The van der Waals surface area contributed by atoms with E-state index in [1.54, 1.807) is 0 Å². The number of aromatic nitrogens is 2. The zero-order valence-electron chi connectivity index (χ0n) is 28.8. The van der Waals surface area contributed by atoms with E-state index in [0.717, 1.165) is 49.9 Å². The fourth-order valence-electron chi connectivity index (χ4n) is 7.50. The molecule has 0 spiro atoms. The lowest BCUT2D eigenvalue weighted by Crippen LogP contribution is -1.94. The van der Waals surface area contributed by atoms with Gasteiger partial charge in [0.1, 0.15) is 5.58 Å². The number of para-hydroxylation sites is 1. The predicted octanol–water partition coefficient (Wildman–Crippen LogP) is 13.5. The van der Waals surface area contributed by atoms with E-state index < -0.39 is 0 Å². The summed E-state index contributed by atoms with van der Waals surface area (Å²) in [7, 11) is 0. The second kappa shape index (κ2) is 12.9. The highest BCUT2D eigenvalue weighted by Crippen LogP contribution is 2.39. The van der Waals surface area contributed by atoms with Gasteiger partial charge in [-0.1, -0.05) is 158 Å². The zero-order chi connectivity index (χ0) is 35.1. The number of nitrogens with zero attached hydrogens (tertiary/aromatic N) is 2. The fraction of sp³-hybridized carbons (Fsp3) is 0. The standard InChI is InChI=1S/C50H32N2O/c1-3-14-33(15-4-1)40-30-41(32-42(31-40)44-26-13-19-34-16-7-8-24-43(34)44)38-22-11-20-36(28-38)37-21-12-23-39(29-37)49-51-48(35-17-5-2-6-18-35)47-45-25-9-10-27-46(45)53-50(47)52-49/h1-32H. The van der Waals surface area contributed by atoms with Gasteiger partial charge in [0, 0.05) is 16.5 Å². The molecule has 10 aromatic rings. The van der Waals surface area contributed by atoms with Gasteiger partial charge in [-0.3, -0.25) is 0 Å². The third-order valence-electron chi connectivity index (χ3n) is 10.1. The maximum Gasteiger partial charge on any atom is 0.231 e. The third kappa shape index (κ3) is 5.65. The van der Waals surface area contributed by atoms with Crippen LogP contribution in [0, 0.1) is 0 Å². The SMILES string of the molecule is c1ccc(-c2cc(-c3cccc(-c4cccc(-c5nc(-c6ccccc6)c6c(n5)oc5ccccc56)c4)c3)cc(-c3cccc4ccccc34)c2)cc1. The molecule has 10 rings (SSSR count). The highest BCUT2D eigenvalue weighted by molar-refractivity contribution is 6.10. The van der Waals surface area contributed by atoms with Gasteiger partial charge in [-0.2, -0.15) is 4.98 Å². The zero-order valence-corrected chi connectivity index (χ0v) is 28.8. The molecule has 0 radical (unpaired) electrons. The second-order valence-electron chi connectivity index (χ2n) is 13.4. The van der Waals surface area contributed by atoms with Gasteiger partial charge in [0.25, 0.3) is 0 Å². The molecule has 0 N–H and O–H groups in total. The topological polar surface area (TPSA) is 38.9 Å². The summed E-state index contributed by atoms with van der Waals surface area (Å²) in [4.78, 5) is 10.2. The first-order chi connectivity index (χ1) is 26.2. The van der Waals surface area contributed by atoms with Gasteiger partial charge in [-0.05, 0) is 91.7 Å². The molecule has 0 unspecified atom stereocenters. The van der Waals surface area contributed by atoms with Gasteiger partial charge in [0.05, 0.1) is 11.1 Å². The molecule has 0 saturated heterocycles. The highest BCUT2D eigenvalue weighted by Gasteiger charge is 2.18. The summed E-state index contributed by atoms with van der Waals surface area (Å²) in [6.45, 7) is 0. The molecule has 0 bridgehead atoms. The first-order valence-corrected chi connectivity index (χ1v) is 17.9. The van der Waals surface area contributed by atoms with Crippen molar-refractivity contribution in [1.29, 1.82) is 0 Å². The predicted molar refractivity (Wildman–Crippen MR) is 219 cm³/mol. The van der Waals surface area contributed by atoms with Gasteiger partial charge in [0.2, 0.25) is 5.71 Å². The van der Waals surface area contributed by atoms with Crippen LogP contribution in [0.25, 0.3) is 100.0 Å². The molecule has 0 aliphatic carbocycles. The summed E-state index contributed by atoms with van der Waals surface area (Å²) in [5, 5.41) is 4.42. The smallest absolute Gasteiger partial charge is 0.231 e. The molecule has 3 heteroatoms. The van der Waals surface area contributed by atoms with Crippen molar-refractivity contribution in [2.45, 2.75) is 0 Å². The first kappa shape index (κ1) is 30.7. The average molecular weight is 677 g/mol. The minimum absolute atomic E-state index is 0.586. The van der Waals surface area contributed by atoms with Crippen molar-refractivity contribution in [3.05, 3.63) is 194 Å². The largest absolute Gasteiger partial charge is 0.438 e. The minimum atomic E-state index is 0.586. The first-order valence-electron chi connectivity index (χ1n) is 17.9. The van der Waals surface area contributed by atoms with Crippen molar-refractivity contribution in [2.75, 3.05) is 0 Å². The third-order valence-corrected chi connectivity index (χ3v) is 10.1. The van der Waals surface area contributed by atoms with Crippen LogP contribution in [0.5, 0.6) is 0 Å². The monoisotopic (exact) mass is 676 g/mol. The van der Waals surface area contributed by atoms with Crippen LogP contribution in [-0.2, 0) is 0 Å². The van der Waals surface area contributed by atoms with Crippen LogP contribution >= 0.6 is 0 Å². The van der Waals surface area contributed by atoms with Gasteiger partial charge >= 0.3 is 0 Å². The number of fused-ring (bicyclic) bond motifs is 4. The van der Waals surface area contributed by atoms with E-state index in [9.17, 15) is 0 Å². The Labute approximate surface area is 307 Å². The van der Waals surface area contributed by atoms with E-state index >= 15 is 0 Å². The van der Waals surface area contributed by atoms with Crippen molar-refractivity contribution < 1.29 is 4.42 Å². The molecule has 0 aliphatic heterocycles. The van der Waals surface area contributed by atoms with E-state index in [-0.39, 0.29) is 0 Å². The quantitative estimate of drug-likeness (QED) is 0.176. The lowest BCUT2D eigenvalue weighted by atomic mass is 9.90. The number of rotatable bonds is 6. The number of hydrogen-bond acceptors (Lipinski definition) is 3. The molecule has 2 heterocycles. The Morgan fingerprint density at radius 3 is 1.62 bits per heavy atom. The van der Waals surface area contributed by atoms with Gasteiger partial charge in [-0.15, -0.1) is 0 Å². The van der Waals surface area contributed by atoms with E-state index in [2.05, 4.69) is 158 Å². The second-order valence-corrected chi connectivity index (χ2v) is 13.4. The van der Waals surface area contributed by atoms with Crippen LogP contribution in [0.4, 0.5) is 0 Å². The summed E-state index contributed by atoms with van der Waals surface area (Å²) in [6.07, 6.45) is 0. The summed E-state index contributed by atoms with van der Waals surface area (Å²) in [6, 6.07) is 68.4. The van der Waals surface area contributed by atoms with Crippen molar-refractivity contribution in [1.82, 2.24) is 9.97 Å². The Kier molecular flexibility index (Phi) is 7.47. The van der Waals surface area contributed by atoms with Crippen molar-refractivity contribution in [3.63, 3.8) is 0 Å². The molecule has 0 amide bonds. The van der Waals surface area contributed by atoms with Crippen LogP contribution in [0.3, 0.4) is 0 Å². The van der Waals surface area contributed by atoms with Crippen LogP contribution in [0.2, 0.25) is 0 Å². The molecule has 3 nitrogen and oxygen atoms in total. The summed E-state index contributed by atoms with van der Waals surface area (Å²) < 4.78 is 6.31. The Hall–Kier alpha value is -7.10. The highest BCUT2D eigenvalue weighted by atomic mass is 16.3. The maximum atomic E-state index is 6.31. The van der Waals surface area contributed by atoms with Crippen LogP contribution in [0.1, 0.15) is 0 Å². The molecule has 8 aromatic carbocycles. The van der Waals surface area contributed by atoms with E-state index in [4.69, 9.17) is 14.4 Å². The molecule has 248 valence electrons. The van der Waals surface area contributed by atoms with Gasteiger partial charge in [-0.25, -0.2) is 4.98 Å². The summed E-state index contributed by atoms with van der Waals surface area (Å²) in [5.74, 6) is 0.628. The van der Waals surface area contributed by atoms with E-state index in [1.807, 2.05) is 36.4 Å². The minimum Gasteiger partial charge on any atom is -0.438 e. The lowest BCUT2D eigenvalue weighted by Gasteiger charge is -2.14. The summed E-state index contributed by atoms with van der Waals surface area (Å²) >= 11 is 0. The Bertz CT molecular complexity index is 2940. The molecule has 0 fully saturated rings. The number of benzene rings is 8. The Morgan fingerprint density at radius 2 is 0.849 bits per heavy atom. The van der Waals surface area contributed by atoms with Crippen LogP contribution in [-0.4, -0.2) is 9.97 Å². The fourth-order valence-corrected chi connectivity index (χ4v) is 7.50. The van der Waals surface area contributed by atoms with Crippen LogP contribution < -0.4 is 0 Å². The van der Waals surface area contributed by atoms with Crippen molar-refractivity contribution >= 4 is 32.8 Å². The molecule has 53 heavy (non-hydrogen) atoms. The van der Waals surface area contributed by atoms with Crippen LogP contribution in [0.15, 0.2) is 199 Å². The number of furan rings is 1. The lowest BCUT2D eigenvalue weighted by molar-refractivity contribution is 0.653. The van der Waals surface area contributed by atoms with E-state index in [0.29, 0.717) is 11.5 Å². The van der Waals surface area contributed by atoms with Crippen molar-refractivity contribution in [3.8, 4) is 67.2 Å². The Morgan fingerprint density at radius 1 is 0.340 bits per heavy atom. The normalized spacial score (nSPS) is 11.4. The van der Waals surface area contributed by atoms with Gasteiger partial charge < -0.3 is 4.42 Å². The summed E-state index contributed by atoms with van der Waals surface area (Å²) in [5.41, 5.74) is 13.5. The maximum absolute atomic E-state index is 6.31. The van der Waals surface area contributed by atoms with Crippen molar-refractivity contribution in [2.24, 2.45) is 0 Å².